The van der Waals surface area contributed by atoms with Gasteiger partial charge >= 0.3 is 5.63 Å². The minimum Gasteiger partial charge on any atom is -0.422 e. The Morgan fingerprint density at radius 1 is 0.931 bits per heavy atom. The number of para-hydroxylation sites is 1. The van der Waals surface area contributed by atoms with Crippen LogP contribution in [-0.4, -0.2) is 11.6 Å². The summed E-state index contributed by atoms with van der Waals surface area (Å²) < 4.78 is 5.57. The molecule has 1 aromatic heterocycles. The zero-order valence-corrected chi connectivity index (χ0v) is 15.1. The van der Waals surface area contributed by atoms with Crippen molar-refractivity contribution in [3.8, 4) is 0 Å². The molecule has 0 aliphatic carbocycles. The van der Waals surface area contributed by atoms with Gasteiger partial charge in [-0.1, -0.05) is 53.7 Å². The molecular weight excluding hydrogens is 368 g/mol. The summed E-state index contributed by atoms with van der Waals surface area (Å²) in [6, 6.07) is 20.7. The molecule has 0 saturated carbocycles. The zero-order valence-electron chi connectivity index (χ0n) is 15.1. The number of carbonyl (C=O) groups excluding carboxylic acids is 1. The van der Waals surface area contributed by atoms with Crippen LogP contribution in [0, 0.1) is 0 Å². The van der Waals surface area contributed by atoms with E-state index in [-0.39, 0.29) is 12.3 Å². The van der Waals surface area contributed by atoms with Crippen molar-refractivity contribution in [1.82, 2.24) is 0 Å². The fraction of sp³-hybridized carbons (Fsp3) is 0.0870. The summed E-state index contributed by atoms with van der Waals surface area (Å²) in [5, 5.41) is 9.81. The summed E-state index contributed by atoms with van der Waals surface area (Å²) in [5.41, 5.74) is 0.897. The summed E-state index contributed by atoms with van der Waals surface area (Å²) in [4.78, 5) is 31.0. The predicted octanol–water partition coefficient (Wildman–Crippen LogP) is 3.92. The van der Waals surface area contributed by atoms with Gasteiger partial charge in [-0.15, -0.1) is 0 Å². The predicted molar refractivity (Wildman–Crippen MR) is 109 cm³/mol. The summed E-state index contributed by atoms with van der Waals surface area (Å²) in [7, 11) is 0. The highest BCUT2D eigenvalue weighted by atomic mass is 16.7. The first-order chi connectivity index (χ1) is 14.2. The second kappa shape index (κ2) is 5.54. The molecule has 2 aliphatic rings. The average molecular weight is 382 g/mol. The number of anilines is 1. The number of oxime groups is 1. The van der Waals surface area contributed by atoms with E-state index in [9.17, 15) is 9.59 Å². The molecule has 1 unspecified atom stereocenters. The summed E-state index contributed by atoms with van der Waals surface area (Å²) >= 11 is 0. The van der Waals surface area contributed by atoms with Gasteiger partial charge in [-0.05, 0) is 29.0 Å². The smallest absolute Gasteiger partial charge is 0.345 e. The maximum absolute atomic E-state index is 12.7. The Labute approximate surface area is 164 Å². The lowest BCUT2D eigenvalue weighted by Gasteiger charge is -2.18. The van der Waals surface area contributed by atoms with Gasteiger partial charge < -0.3 is 14.6 Å². The SMILES string of the molecule is O=C1Nc2ccccc2C12CC(c1cc3c(ccc4ccccc43)oc1=O)=NO2. The van der Waals surface area contributed by atoms with E-state index in [1.54, 1.807) is 12.1 Å². The second-order valence-corrected chi connectivity index (χ2v) is 7.28. The van der Waals surface area contributed by atoms with Crippen LogP contribution in [0.15, 0.2) is 81.1 Å². The van der Waals surface area contributed by atoms with Crippen LogP contribution in [0.2, 0.25) is 0 Å². The van der Waals surface area contributed by atoms with Crippen molar-refractivity contribution >= 4 is 39.0 Å². The monoisotopic (exact) mass is 382 g/mol. The number of rotatable bonds is 1. The lowest BCUT2D eigenvalue weighted by atomic mass is 9.88. The summed E-state index contributed by atoms with van der Waals surface area (Å²) in [6.45, 7) is 0. The molecule has 0 fully saturated rings. The first-order valence-electron chi connectivity index (χ1n) is 9.28. The van der Waals surface area contributed by atoms with Crippen LogP contribution in [0.5, 0.6) is 0 Å². The van der Waals surface area contributed by atoms with Crippen molar-refractivity contribution in [1.29, 1.82) is 0 Å². The maximum atomic E-state index is 12.7. The van der Waals surface area contributed by atoms with E-state index in [1.807, 2.05) is 54.6 Å². The van der Waals surface area contributed by atoms with Gasteiger partial charge in [0.2, 0.25) is 5.60 Å². The average Bonchev–Trinajstić information content (AvgIpc) is 3.30. The Morgan fingerprint density at radius 3 is 2.69 bits per heavy atom. The molecule has 6 heteroatoms. The van der Waals surface area contributed by atoms with Gasteiger partial charge in [0.1, 0.15) is 5.58 Å². The number of nitrogens with zero attached hydrogens (tertiary/aromatic N) is 1. The fourth-order valence-electron chi connectivity index (χ4n) is 4.21. The highest BCUT2D eigenvalue weighted by Crippen LogP contribution is 2.45. The molecule has 4 aromatic rings. The van der Waals surface area contributed by atoms with E-state index in [4.69, 9.17) is 9.25 Å². The van der Waals surface area contributed by atoms with E-state index in [1.165, 1.54) is 0 Å². The van der Waals surface area contributed by atoms with Gasteiger partial charge in [0.05, 0.1) is 17.7 Å². The molecule has 140 valence electrons. The Bertz CT molecular complexity index is 1440. The van der Waals surface area contributed by atoms with Gasteiger partial charge in [-0.3, -0.25) is 4.79 Å². The molecule has 0 saturated heterocycles. The number of hydrogen-bond acceptors (Lipinski definition) is 5. The molecule has 0 radical (unpaired) electrons. The Morgan fingerprint density at radius 2 is 1.76 bits per heavy atom. The van der Waals surface area contributed by atoms with E-state index < -0.39 is 11.2 Å². The number of nitrogens with one attached hydrogen (secondary N) is 1. The molecule has 6 nitrogen and oxygen atoms in total. The van der Waals surface area contributed by atoms with Crippen LogP contribution in [0.1, 0.15) is 17.5 Å². The molecule has 1 N–H and O–H groups in total. The van der Waals surface area contributed by atoms with Gasteiger partial charge in [-0.25, -0.2) is 4.79 Å². The number of amides is 1. The third-order valence-electron chi connectivity index (χ3n) is 5.66. The van der Waals surface area contributed by atoms with Crippen molar-refractivity contribution in [2.75, 3.05) is 5.32 Å². The lowest BCUT2D eigenvalue weighted by molar-refractivity contribution is -0.137. The molecule has 1 spiro atoms. The second-order valence-electron chi connectivity index (χ2n) is 7.28. The topological polar surface area (TPSA) is 80.9 Å². The molecule has 0 bridgehead atoms. The largest absolute Gasteiger partial charge is 0.422 e. The van der Waals surface area contributed by atoms with Crippen LogP contribution in [0.3, 0.4) is 0 Å². The molecule has 3 heterocycles. The summed E-state index contributed by atoms with van der Waals surface area (Å²) in [5.74, 6) is -0.284. The Hall–Kier alpha value is -3.93. The van der Waals surface area contributed by atoms with Gasteiger partial charge in [0.15, 0.2) is 0 Å². The molecule has 1 amide bonds. The minimum atomic E-state index is -1.24. The van der Waals surface area contributed by atoms with Crippen molar-refractivity contribution in [2.24, 2.45) is 5.16 Å². The number of benzene rings is 3. The maximum Gasteiger partial charge on any atom is 0.345 e. The van der Waals surface area contributed by atoms with E-state index in [2.05, 4.69) is 10.5 Å². The Balaban J connectivity index is 1.50. The van der Waals surface area contributed by atoms with Crippen LogP contribution < -0.4 is 10.9 Å². The van der Waals surface area contributed by atoms with Crippen molar-refractivity contribution in [3.63, 3.8) is 0 Å². The summed E-state index contributed by atoms with van der Waals surface area (Å²) in [6.07, 6.45) is 0.164. The van der Waals surface area contributed by atoms with E-state index >= 15 is 0 Å². The highest BCUT2D eigenvalue weighted by molar-refractivity contribution is 6.14. The quantitative estimate of drug-likeness (QED) is 0.400. The zero-order chi connectivity index (χ0) is 19.6. The highest BCUT2D eigenvalue weighted by Gasteiger charge is 2.54. The van der Waals surface area contributed by atoms with Crippen molar-refractivity contribution in [2.45, 2.75) is 12.0 Å². The minimum absolute atomic E-state index is 0.164. The van der Waals surface area contributed by atoms with E-state index in [0.717, 1.165) is 21.7 Å². The molecular formula is C23H14N2O4. The normalized spacial score (nSPS) is 20.0. The van der Waals surface area contributed by atoms with Gasteiger partial charge in [0.25, 0.3) is 5.91 Å². The number of hydrogen-bond donors (Lipinski definition) is 1. The third-order valence-corrected chi connectivity index (χ3v) is 5.66. The van der Waals surface area contributed by atoms with Gasteiger partial charge in [-0.2, -0.15) is 0 Å². The molecule has 6 rings (SSSR count). The molecule has 2 aliphatic heterocycles. The molecule has 1 atom stereocenters. The standard InChI is InChI=1S/C23H14N2O4/c26-21-16(11-15-14-6-2-1-5-13(14)9-10-20(15)28-21)19-12-23(29-25-19)17-7-3-4-8-18(17)24-22(23)27/h1-11H,12H2,(H,24,27). The number of carbonyl (C=O) groups is 1. The van der Waals surface area contributed by atoms with E-state index in [0.29, 0.717) is 22.5 Å². The van der Waals surface area contributed by atoms with Gasteiger partial charge in [0, 0.05) is 16.6 Å². The van der Waals surface area contributed by atoms with Crippen LogP contribution in [0.25, 0.3) is 21.7 Å². The third kappa shape index (κ3) is 2.14. The fourth-order valence-corrected chi connectivity index (χ4v) is 4.21. The Kier molecular flexibility index (Phi) is 3.07. The first kappa shape index (κ1) is 16.1. The molecule has 3 aromatic carbocycles. The molecule has 29 heavy (non-hydrogen) atoms. The van der Waals surface area contributed by atoms with Crippen LogP contribution in [-0.2, 0) is 15.2 Å². The van der Waals surface area contributed by atoms with Crippen molar-refractivity contribution in [3.05, 3.63) is 88.3 Å². The van der Waals surface area contributed by atoms with Crippen LogP contribution >= 0.6 is 0 Å². The number of fused-ring (bicyclic) bond motifs is 5. The lowest BCUT2D eigenvalue weighted by Crippen LogP contribution is -2.35. The van der Waals surface area contributed by atoms with Crippen LogP contribution in [0.4, 0.5) is 5.69 Å². The first-order valence-corrected chi connectivity index (χ1v) is 9.28. The van der Waals surface area contributed by atoms with Crippen molar-refractivity contribution < 1.29 is 14.0 Å².